The third-order valence-corrected chi connectivity index (χ3v) is 2.54. The minimum atomic E-state index is -0.396. The second-order valence-electron chi connectivity index (χ2n) is 2.89. The maximum atomic E-state index is 11.2. The number of rotatable bonds is 0. The van der Waals surface area contributed by atoms with Gasteiger partial charge in [0.25, 0.3) is 5.91 Å². The second kappa shape index (κ2) is 3.17. The Morgan fingerprint density at radius 1 is 1.54 bits per heavy atom. The van der Waals surface area contributed by atoms with Crippen molar-refractivity contribution in [3.63, 3.8) is 0 Å². The van der Waals surface area contributed by atoms with E-state index in [1.807, 2.05) is 18.2 Å². The van der Waals surface area contributed by atoms with Crippen molar-refractivity contribution in [2.75, 3.05) is 5.32 Å². The first-order valence-corrected chi connectivity index (χ1v) is 5.02. The molecule has 2 rings (SSSR count). The maximum absolute atomic E-state index is 11.2. The van der Waals surface area contributed by atoms with Crippen molar-refractivity contribution in [2.24, 2.45) is 0 Å². The zero-order valence-electron chi connectivity index (χ0n) is 7.00. The lowest BCUT2D eigenvalue weighted by atomic mass is 10.2. The predicted octanol–water partition coefficient (Wildman–Crippen LogP) is 2.01. The molecular weight excluding hydrogens is 281 g/mol. The largest absolute Gasteiger partial charge is 0.479 e. The number of carbonyl (C=O) groups excluding carboxylic acids is 1. The second-order valence-corrected chi connectivity index (χ2v) is 4.14. The van der Waals surface area contributed by atoms with Crippen LogP contribution in [-0.4, -0.2) is 12.0 Å². The van der Waals surface area contributed by atoms with E-state index in [4.69, 9.17) is 4.74 Å². The summed E-state index contributed by atoms with van der Waals surface area (Å²) in [5, 5.41) is 2.78. The average Bonchev–Trinajstić information content (AvgIpc) is 2.08. The van der Waals surface area contributed by atoms with Crippen molar-refractivity contribution in [3.8, 4) is 5.75 Å². The minimum absolute atomic E-state index is 0.0884. The van der Waals surface area contributed by atoms with Crippen LogP contribution in [0.3, 0.4) is 0 Å². The molecule has 13 heavy (non-hydrogen) atoms. The lowest BCUT2D eigenvalue weighted by Crippen LogP contribution is -2.34. The SMILES string of the molecule is CC1Oc2ccc(I)cc2NC1=O. The van der Waals surface area contributed by atoms with Gasteiger partial charge in [-0.2, -0.15) is 0 Å². The van der Waals surface area contributed by atoms with E-state index in [2.05, 4.69) is 27.9 Å². The summed E-state index contributed by atoms with van der Waals surface area (Å²) in [5.41, 5.74) is 0.759. The van der Waals surface area contributed by atoms with E-state index in [1.165, 1.54) is 0 Å². The third-order valence-electron chi connectivity index (χ3n) is 1.87. The highest BCUT2D eigenvalue weighted by molar-refractivity contribution is 14.1. The summed E-state index contributed by atoms with van der Waals surface area (Å²) in [5.74, 6) is 0.655. The number of hydrogen-bond acceptors (Lipinski definition) is 2. The van der Waals surface area contributed by atoms with Crippen LogP contribution < -0.4 is 10.1 Å². The number of nitrogens with one attached hydrogen (secondary N) is 1. The Morgan fingerprint density at radius 2 is 2.31 bits per heavy atom. The van der Waals surface area contributed by atoms with Gasteiger partial charge in [0.2, 0.25) is 0 Å². The molecule has 0 saturated carbocycles. The zero-order valence-corrected chi connectivity index (χ0v) is 9.16. The Bertz CT molecular complexity index is 365. The van der Waals surface area contributed by atoms with E-state index < -0.39 is 6.10 Å². The van der Waals surface area contributed by atoms with Crippen molar-refractivity contribution >= 4 is 34.2 Å². The molecule has 1 heterocycles. The molecule has 0 fully saturated rings. The van der Waals surface area contributed by atoms with Crippen LogP contribution in [0.2, 0.25) is 0 Å². The van der Waals surface area contributed by atoms with Gasteiger partial charge in [-0.25, -0.2) is 0 Å². The molecule has 0 saturated heterocycles. The average molecular weight is 289 g/mol. The highest BCUT2D eigenvalue weighted by Crippen LogP contribution is 2.30. The van der Waals surface area contributed by atoms with Crippen molar-refractivity contribution in [2.45, 2.75) is 13.0 Å². The quantitative estimate of drug-likeness (QED) is 0.742. The number of amides is 1. The number of ether oxygens (including phenoxy) is 1. The van der Waals surface area contributed by atoms with Gasteiger partial charge >= 0.3 is 0 Å². The van der Waals surface area contributed by atoms with E-state index in [9.17, 15) is 4.79 Å². The van der Waals surface area contributed by atoms with E-state index in [-0.39, 0.29) is 5.91 Å². The van der Waals surface area contributed by atoms with E-state index in [0.717, 1.165) is 15.0 Å². The summed E-state index contributed by atoms with van der Waals surface area (Å²) >= 11 is 2.19. The Morgan fingerprint density at radius 3 is 3.08 bits per heavy atom. The number of benzene rings is 1. The molecule has 1 aliphatic rings. The first-order valence-electron chi connectivity index (χ1n) is 3.94. The molecule has 0 radical (unpaired) electrons. The lowest BCUT2D eigenvalue weighted by molar-refractivity contribution is -0.122. The van der Waals surface area contributed by atoms with Crippen LogP contribution in [0.1, 0.15) is 6.92 Å². The Kier molecular flexibility index (Phi) is 2.15. The van der Waals surface area contributed by atoms with Gasteiger partial charge in [-0.1, -0.05) is 0 Å². The van der Waals surface area contributed by atoms with Crippen molar-refractivity contribution in [1.29, 1.82) is 0 Å². The van der Waals surface area contributed by atoms with Crippen molar-refractivity contribution < 1.29 is 9.53 Å². The van der Waals surface area contributed by atoms with Crippen molar-refractivity contribution in [3.05, 3.63) is 21.8 Å². The normalized spacial score (nSPS) is 20.2. The number of fused-ring (bicyclic) bond motifs is 1. The van der Waals surface area contributed by atoms with Gasteiger partial charge in [0.05, 0.1) is 5.69 Å². The van der Waals surface area contributed by atoms with E-state index >= 15 is 0 Å². The van der Waals surface area contributed by atoms with Crippen LogP contribution in [0.15, 0.2) is 18.2 Å². The molecule has 4 heteroatoms. The smallest absolute Gasteiger partial charge is 0.265 e. The van der Waals surface area contributed by atoms with Gasteiger partial charge in [0, 0.05) is 3.57 Å². The molecule has 68 valence electrons. The fourth-order valence-corrected chi connectivity index (χ4v) is 1.67. The van der Waals surface area contributed by atoms with Crippen LogP contribution in [-0.2, 0) is 4.79 Å². The first-order chi connectivity index (χ1) is 6.16. The Labute approximate surface area is 89.6 Å². The molecule has 0 aliphatic carbocycles. The minimum Gasteiger partial charge on any atom is -0.479 e. The van der Waals surface area contributed by atoms with E-state index in [0.29, 0.717) is 0 Å². The summed E-state index contributed by atoms with van der Waals surface area (Å²) < 4.78 is 6.46. The number of halogens is 1. The van der Waals surface area contributed by atoms with Crippen LogP contribution in [0.25, 0.3) is 0 Å². The van der Waals surface area contributed by atoms with Gasteiger partial charge in [0.15, 0.2) is 6.10 Å². The fourth-order valence-electron chi connectivity index (χ4n) is 1.18. The lowest BCUT2D eigenvalue weighted by Gasteiger charge is -2.23. The van der Waals surface area contributed by atoms with Gasteiger partial charge in [0.1, 0.15) is 5.75 Å². The summed E-state index contributed by atoms with van der Waals surface area (Å²) in [7, 11) is 0. The maximum Gasteiger partial charge on any atom is 0.265 e. The Balaban J connectivity index is 2.42. The summed E-state index contributed by atoms with van der Waals surface area (Å²) in [4.78, 5) is 11.2. The molecule has 1 amide bonds. The fraction of sp³-hybridized carbons (Fsp3) is 0.222. The standard InChI is InChI=1S/C9H8INO2/c1-5-9(12)11-7-4-6(10)2-3-8(7)13-5/h2-5H,1H3,(H,11,12). The molecule has 1 N–H and O–H groups in total. The molecule has 0 spiro atoms. The van der Waals surface area contributed by atoms with Gasteiger partial charge < -0.3 is 10.1 Å². The molecule has 3 nitrogen and oxygen atoms in total. The molecule has 1 aliphatic heterocycles. The number of carbonyl (C=O) groups is 1. The van der Waals surface area contributed by atoms with Gasteiger partial charge in [-0.05, 0) is 47.7 Å². The third kappa shape index (κ3) is 1.63. The van der Waals surface area contributed by atoms with Crippen LogP contribution in [0.4, 0.5) is 5.69 Å². The monoisotopic (exact) mass is 289 g/mol. The highest BCUT2D eigenvalue weighted by atomic mass is 127. The summed E-state index contributed by atoms with van der Waals surface area (Å²) in [6, 6.07) is 5.70. The summed E-state index contributed by atoms with van der Waals surface area (Å²) in [6.07, 6.45) is -0.396. The molecule has 0 bridgehead atoms. The highest BCUT2D eigenvalue weighted by Gasteiger charge is 2.22. The van der Waals surface area contributed by atoms with Gasteiger partial charge in [-0.3, -0.25) is 4.79 Å². The molecule has 1 atom stereocenters. The molecule has 1 aromatic rings. The van der Waals surface area contributed by atoms with E-state index in [1.54, 1.807) is 6.92 Å². The zero-order chi connectivity index (χ0) is 9.42. The Hall–Kier alpha value is -0.780. The topological polar surface area (TPSA) is 38.3 Å². The predicted molar refractivity (Wildman–Crippen MR) is 57.9 cm³/mol. The van der Waals surface area contributed by atoms with Crippen molar-refractivity contribution in [1.82, 2.24) is 0 Å². The van der Waals surface area contributed by atoms with Crippen LogP contribution in [0, 0.1) is 3.57 Å². The molecule has 0 aromatic heterocycles. The summed E-state index contributed by atoms with van der Waals surface area (Å²) in [6.45, 7) is 1.73. The molecule has 1 aromatic carbocycles. The molecular formula is C9H8INO2. The van der Waals surface area contributed by atoms with Crippen LogP contribution in [0.5, 0.6) is 5.75 Å². The first kappa shape index (κ1) is 8.80. The van der Waals surface area contributed by atoms with Gasteiger partial charge in [-0.15, -0.1) is 0 Å². The number of anilines is 1. The number of hydrogen-bond donors (Lipinski definition) is 1. The van der Waals surface area contributed by atoms with Crippen LogP contribution >= 0.6 is 22.6 Å². The molecule has 1 unspecified atom stereocenters.